The maximum atomic E-state index is 11.3. The molecule has 2 aromatic rings. The van der Waals surface area contributed by atoms with Crippen LogP contribution in [0.1, 0.15) is 7.43 Å². The van der Waals surface area contributed by atoms with E-state index in [4.69, 9.17) is 9.81 Å². The molecule has 8 nitrogen and oxygen atoms in total. The molecule has 1 atom stereocenters. The number of hydrogen-bond acceptors (Lipinski definition) is 7. The van der Waals surface area contributed by atoms with Crippen LogP contribution in [-0.2, 0) is 11.7 Å². The van der Waals surface area contributed by atoms with Gasteiger partial charge in [0.15, 0.2) is 12.4 Å². The van der Waals surface area contributed by atoms with Gasteiger partial charge in [-0.05, 0) is 12.1 Å². The predicted molar refractivity (Wildman–Crippen MR) is 89.5 cm³/mol. The third-order valence-corrected chi connectivity index (χ3v) is 4.79. The Morgan fingerprint density at radius 3 is 1.65 bits per heavy atom. The molecule has 23 heavy (non-hydrogen) atoms. The monoisotopic (exact) mass is 390 g/mol. The van der Waals surface area contributed by atoms with Crippen LogP contribution in [0, 0.1) is 10.4 Å². The van der Waals surface area contributed by atoms with E-state index in [0.717, 1.165) is 9.46 Å². The summed E-state index contributed by atoms with van der Waals surface area (Å²) in [4.78, 5) is 0. The van der Waals surface area contributed by atoms with Crippen molar-refractivity contribution in [2.45, 2.75) is 17.5 Å². The molecular formula is C11H14MgN2O6S3. The van der Waals surface area contributed by atoms with Crippen molar-refractivity contribution in [3.05, 3.63) is 59.2 Å². The van der Waals surface area contributed by atoms with Gasteiger partial charge in [-0.15, -0.1) is 0 Å². The van der Waals surface area contributed by atoms with Crippen molar-refractivity contribution >= 4 is 48.7 Å². The van der Waals surface area contributed by atoms with Crippen LogP contribution < -0.4 is 9.46 Å². The average Bonchev–Trinajstić information content (AvgIpc) is 2.48. The summed E-state index contributed by atoms with van der Waals surface area (Å²) in [5.74, 6) is 0. The fraction of sp³-hybridized carbons (Fsp3) is 0.0909. The largest absolute Gasteiger partial charge is 0.618 e. The van der Waals surface area contributed by atoms with E-state index in [9.17, 15) is 14.6 Å². The van der Waals surface area contributed by atoms with Gasteiger partial charge < -0.3 is 10.4 Å². The second-order valence-corrected chi connectivity index (χ2v) is 9.22. The second kappa shape index (κ2) is 11.0. The predicted octanol–water partition coefficient (Wildman–Crippen LogP) is 1.62. The van der Waals surface area contributed by atoms with Crippen LogP contribution >= 0.6 is 21.6 Å². The molecule has 0 aromatic carbocycles. The van der Waals surface area contributed by atoms with Crippen molar-refractivity contribution < 1.29 is 27.8 Å². The Morgan fingerprint density at radius 2 is 1.39 bits per heavy atom. The first-order valence-corrected chi connectivity index (χ1v) is 11.0. The fourth-order valence-electron chi connectivity index (χ4n) is 1.04. The van der Waals surface area contributed by atoms with Crippen LogP contribution in [-0.4, -0.2) is 33.8 Å². The van der Waals surface area contributed by atoms with E-state index >= 15 is 0 Å². The molecule has 2 aromatic heterocycles. The van der Waals surface area contributed by atoms with E-state index in [0.29, 0.717) is 29.9 Å². The summed E-state index contributed by atoms with van der Waals surface area (Å²) in [7, 11) is -0.808. The van der Waals surface area contributed by atoms with Gasteiger partial charge in [-0.1, -0.05) is 7.43 Å². The summed E-state index contributed by atoms with van der Waals surface area (Å²) in [5.41, 5.74) is 0. The van der Waals surface area contributed by atoms with E-state index in [1.807, 2.05) is 0 Å². The zero-order chi connectivity index (χ0) is 16.6. The van der Waals surface area contributed by atoms with Crippen molar-refractivity contribution in [2.24, 2.45) is 0 Å². The number of rotatable bonds is 4. The number of nitrogens with zero attached hydrogens (tertiary/aromatic N) is 2. The molecule has 0 saturated carbocycles. The molecule has 2 N–H and O–H groups in total. The van der Waals surface area contributed by atoms with Crippen molar-refractivity contribution in [1.29, 1.82) is 0 Å². The molecule has 2 rings (SSSR count). The standard InChI is InChI=1S/C10H8N2O2S2.CH4.Mg.H2O4S/c13-11-7-3-1-5-9(11)15-16-10-6-2-4-8-12(10)14;;;1-4-5(2)3/h1-8H;1H4;;1H,(H,2,3). The Labute approximate surface area is 152 Å². The molecule has 1 unspecified atom stereocenters. The number of hydrogen-bond donors (Lipinski definition) is 2. The van der Waals surface area contributed by atoms with Crippen LogP contribution in [0.2, 0.25) is 0 Å². The first-order valence-electron chi connectivity index (χ1n) is 5.47. The van der Waals surface area contributed by atoms with Crippen molar-refractivity contribution in [1.82, 2.24) is 0 Å². The summed E-state index contributed by atoms with van der Waals surface area (Å²) in [5, 5.41) is 31.1. The molecule has 12 heteroatoms. The average molecular weight is 391 g/mol. The Balaban J connectivity index is 0.000000599. The minimum Gasteiger partial charge on any atom is -0.618 e. The molecule has 0 aliphatic rings. The van der Waals surface area contributed by atoms with Crippen molar-refractivity contribution in [2.75, 3.05) is 0 Å². The number of aromatic nitrogens is 2. The topological polar surface area (TPSA) is 121 Å². The van der Waals surface area contributed by atoms with Crippen LogP contribution in [0.5, 0.6) is 0 Å². The molecule has 2 heterocycles. The van der Waals surface area contributed by atoms with Crippen LogP contribution in [0.3, 0.4) is 0 Å². The summed E-state index contributed by atoms with van der Waals surface area (Å²) >= 11 is 0.671. The van der Waals surface area contributed by atoms with Gasteiger partial charge in [-0.25, -0.2) is 0 Å². The van der Waals surface area contributed by atoms with Crippen molar-refractivity contribution in [3.63, 3.8) is 0 Å². The van der Waals surface area contributed by atoms with Gasteiger partial charge in [0.25, 0.3) is 10.1 Å². The van der Waals surface area contributed by atoms with Gasteiger partial charge in [0, 0.05) is 45.9 Å². The van der Waals surface area contributed by atoms with Crippen LogP contribution in [0.4, 0.5) is 0 Å². The second-order valence-electron chi connectivity index (χ2n) is 3.55. The molecule has 0 bridgehead atoms. The molecule has 0 aliphatic carbocycles. The van der Waals surface area contributed by atoms with E-state index in [1.165, 1.54) is 34.0 Å². The quantitative estimate of drug-likeness (QED) is 0.202. The zero-order valence-corrected chi connectivity index (χ0v) is 14.8. The maximum Gasteiger partial charge on any atom is 0.262 e. The fourth-order valence-corrected chi connectivity index (χ4v) is 3.03. The zero-order valence-electron chi connectivity index (χ0n) is 11.0. The Kier molecular flexibility index (Phi) is 10.7. The van der Waals surface area contributed by atoms with E-state index in [2.05, 4.69) is 4.33 Å². The summed E-state index contributed by atoms with van der Waals surface area (Å²) in [6.45, 7) is 0. The molecule has 0 fully saturated rings. The van der Waals surface area contributed by atoms with Gasteiger partial charge >= 0.3 is 45.5 Å². The smallest absolute Gasteiger partial charge is 0.262 e. The molecule has 0 spiro atoms. The minimum atomic E-state index is -3.33. The summed E-state index contributed by atoms with van der Waals surface area (Å²) in [6.07, 6.45) is 2.86. The summed E-state index contributed by atoms with van der Waals surface area (Å²) < 4.78 is 22.1. The molecule has 124 valence electrons. The van der Waals surface area contributed by atoms with Crippen molar-refractivity contribution in [3.8, 4) is 0 Å². The van der Waals surface area contributed by atoms with Crippen LogP contribution in [0.25, 0.3) is 0 Å². The molecule has 0 saturated heterocycles. The van der Waals surface area contributed by atoms with Gasteiger partial charge in [0.1, 0.15) is 0 Å². The molecule has 0 radical (unpaired) electrons. The Morgan fingerprint density at radius 1 is 1.04 bits per heavy atom. The first-order chi connectivity index (χ1) is 10.3. The van der Waals surface area contributed by atoms with Crippen LogP contribution in [0.15, 0.2) is 58.8 Å². The minimum absolute atomic E-state index is 0. The number of pyridine rings is 2. The molecule has 0 aliphatic heterocycles. The van der Waals surface area contributed by atoms with Gasteiger partial charge in [-0.2, -0.15) is 9.46 Å². The summed E-state index contributed by atoms with van der Waals surface area (Å²) in [6, 6.07) is 10.3. The maximum absolute atomic E-state index is 11.3. The normalized spacial score (nSPS) is 12.3. The third-order valence-electron chi connectivity index (χ3n) is 1.91. The van der Waals surface area contributed by atoms with Gasteiger partial charge in [0.2, 0.25) is 0 Å². The van der Waals surface area contributed by atoms with Gasteiger partial charge in [0.05, 0.1) is 0 Å². The molecular weight excluding hydrogens is 377 g/mol. The van der Waals surface area contributed by atoms with Gasteiger partial charge in [-0.3, -0.25) is 0 Å². The third kappa shape index (κ3) is 9.32. The van der Waals surface area contributed by atoms with E-state index in [1.54, 1.807) is 36.4 Å². The first kappa shape index (κ1) is 22.4. The van der Waals surface area contributed by atoms with E-state index < -0.39 is 7.32 Å². The Bertz CT molecular complexity index is 671. The SMILES string of the molecule is C.O=[S](O)(=[Mg])OO.[O-][n+]1ccccc1SSc1cccc[n+]1[O-]. The van der Waals surface area contributed by atoms with E-state index in [-0.39, 0.29) is 7.43 Å². The molecule has 0 amide bonds. The Hall–Kier alpha value is -0.604.